The number of rotatable bonds is 9. The first-order valence-electron chi connectivity index (χ1n) is 11.2. The molecule has 0 unspecified atom stereocenters. The second-order valence-electron chi connectivity index (χ2n) is 7.60. The number of halogens is 1. The van der Waals surface area contributed by atoms with Gasteiger partial charge in [-0.15, -0.1) is 24.0 Å². The standard InChI is InChI=1S/C24H35N5O.HI/c1-3-18-30-22-9-7-8-20(19-22)11-15-27-24(25-4-2)28-21-12-16-29(17-13-21)23-10-5-6-14-26-23;/h5-10,14,19,21H,3-4,11-13,15-18H2,1-2H3,(H2,25,27,28);1H. The molecule has 7 heteroatoms. The van der Waals surface area contributed by atoms with Gasteiger partial charge in [-0.1, -0.05) is 25.1 Å². The van der Waals surface area contributed by atoms with Gasteiger partial charge in [0.25, 0.3) is 0 Å². The Morgan fingerprint density at radius 1 is 1.16 bits per heavy atom. The number of aliphatic imine (C=N–C) groups is 1. The normalized spacial score (nSPS) is 14.6. The molecule has 0 radical (unpaired) electrons. The van der Waals surface area contributed by atoms with Crippen molar-refractivity contribution < 1.29 is 4.74 Å². The molecule has 0 saturated carbocycles. The molecule has 1 aromatic heterocycles. The highest BCUT2D eigenvalue weighted by Crippen LogP contribution is 2.17. The SMILES string of the molecule is CCCOc1cccc(CCN=C(NCC)NC2CCN(c3ccccn3)CC2)c1.I. The molecule has 0 spiro atoms. The Hall–Kier alpha value is -2.03. The second-order valence-corrected chi connectivity index (χ2v) is 7.60. The summed E-state index contributed by atoms with van der Waals surface area (Å²) >= 11 is 0. The van der Waals surface area contributed by atoms with Crippen LogP contribution in [-0.2, 0) is 6.42 Å². The van der Waals surface area contributed by atoms with Gasteiger partial charge in [-0.25, -0.2) is 4.98 Å². The van der Waals surface area contributed by atoms with E-state index in [0.717, 1.165) is 76.0 Å². The first kappa shape index (κ1) is 25.2. The number of piperidine rings is 1. The summed E-state index contributed by atoms with van der Waals surface area (Å²) in [5, 5.41) is 7.01. The number of hydrogen-bond donors (Lipinski definition) is 2. The van der Waals surface area contributed by atoms with Gasteiger partial charge in [-0.3, -0.25) is 4.99 Å². The van der Waals surface area contributed by atoms with Gasteiger partial charge in [0.05, 0.1) is 6.61 Å². The zero-order valence-corrected chi connectivity index (χ0v) is 21.0. The van der Waals surface area contributed by atoms with Crippen LogP contribution in [0.5, 0.6) is 5.75 Å². The minimum atomic E-state index is 0. The van der Waals surface area contributed by atoms with Gasteiger partial charge >= 0.3 is 0 Å². The Morgan fingerprint density at radius 3 is 2.71 bits per heavy atom. The van der Waals surface area contributed by atoms with Gasteiger partial charge in [0.1, 0.15) is 11.6 Å². The number of nitrogens with one attached hydrogen (secondary N) is 2. The average molecular weight is 537 g/mol. The van der Waals surface area contributed by atoms with Crippen LogP contribution in [0.1, 0.15) is 38.7 Å². The van der Waals surface area contributed by atoms with E-state index in [1.807, 2.05) is 24.4 Å². The molecular weight excluding hydrogens is 501 g/mol. The largest absolute Gasteiger partial charge is 0.494 e. The smallest absolute Gasteiger partial charge is 0.191 e. The minimum Gasteiger partial charge on any atom is -0.494 e. The van der Waals surface area contributed by atoms with E-state index in [4.69, 9.17) is 9.73 Å². The third-order valence-electron chi connectivity index (χ3n) is 5.19. The fraction of sp³-hybridized carbons (Fsp3) is 0.500. The maximum atomic E-state index is 5.73. The average Bonchev–Trinajstić information content (AvgIpc) is 2.79. The molecule has 1 saturated heterocycles. The van der Waals surface area contributed by atoms with Crippen molar-refractivity contribution in [2.24, 2.45) is 4.99 Å². The van der Waals surface area contributed by atoms with Gasteiger partial charge in [0.15, 0.2) is 5.96 Å². The van der Waals surface area contributed by atoms with Crippen LogP contribution >= 0.6 is 24.0 Å². The number of hydrogen-bond acceptors (Lipinski definition) is 4. The lowest BCUT2D eigenvalue weighted by Gasteiger charge is -2.33. The van der Waals surface area contributed by atoms with Crippen molar-refractivity contribution in [1.29, 1.82) is 0 Å². The highest BCUT2D eigenvalue weighted by atomic mass is 127. The first-order valence-corrected chi connectivity index (χ1v) is 11.2. The number of ether oxygens (including phenoxy) is 1. The molecule has 1 aliphatic rings. The fourth-order valence-electron chi connectivity index (χ4n) is 3.61. The molecule has 0 bridgehead atoms. The lowest BCUT2D eigenvalue weighted by molar-refractivity contribution is 0.317. The number of guanidine groups is 1. The van der Waals surface area contributed by atoms with Gasteiger partial charge in [0.2, 0.25) is 0 Å². The number of anilines is 1. The summed E-state index contributed by atoms with van der Waals surface area (Å²) in [4.78, 5) is 11.6. The Labute approximate surface area is 203 Å². The van der Waals surface area contributed by atoms with Crippen LogP contribution in [0.2, 0.25) is 0 Å². The topological polar surface area (TPSA) is 61.8 Å². The van der Waals surface area contributed by atoms with Crippen LogP contribution in [0, 0.1) is 0 Å². The van der Waals surface area contributed by atoms with Crippen molar-refractivity contribution in [3.8, 4) is 5.75 Å². The third kappa shape index (κ3) is 8.55. The quantitative estimate of drug-likeness (QED) is 0.285. The summed E-state index contributed by atoms with van der Waals surface area (Å²) in [6, 6.07) is 14.9. The van der Waals surface area contributed by atoms with E-state index in [9.17, 15) is 0 Å². The summed E-state index contributed by atoms with van der Waals surface area (Å²) in [6.45, 7) is 8.62. The van der Waals surface area contributed by atoms with E-state index in [-0.39, 0.29) is 24.0 Å². The summed E-state index contributed by atoms with van der Waals surface area (Å²) in [5.74, 6) is 2.93. The van der Waals surface area contributed by atoms with Crippen LogP contribution in [-0.4, -0.2) is 49.8 Å². The molecule has 3 rings (SSSR count). The number of nitrogens with zero attached hydrogens (tertiary/aromatic N) is 3. The molecule has 2 aromatic rings. The van der Waals surface area contributed by atoms with Gasteiger partial charge < -0.3 is 20.3 Å². The molecule has 1 aliphatic heterocycles. The predicted octanol–water partition coefficient (Wildman–Crippen LogP) is 4.26. The van der Waals surface area contributed by atoms with Crippen LogP contribution in [0.15, 0.2) is 53.7 Å². The molecular formula is C24H36IN5O. The van der Waals surface area contributed by atoms with Crippen molar-refractivity contribution in [3.63, 3.8) is 0 Å². The van der Waals surface area contributed by atoms with Crippen molar-refractivity contribution in [2.45, 2.75) is 45.6 Å². The summed E-state index contributed by atoms with van der Waals surface area (Å²) in [6.07, 6.45) is 5.95. The minimum absolute atomic E-state index is 0. The lowest BCUT2D eigenvalue weighted by atomic mass is 10.1. The summed E-state index contributed by atoms with van der Waals surface area (Å²) in [5.41, 5.74) is 1.26. The van der Waals surface area contributed by atoms with E-state index in [1.54, 1.807) is 0 Å². The Morgan fingerprint density at radius 2 is 2.00 bits per heavy atom. The van der Waals surface area contributed by atoms with E-state index < -0.39 is 0 Å². The molecule has 0 atom stereocenters. The van der Waals surface area contributed by atoms with Gasteiger partial charge in [-0.05, 0) is 62.4 Å². The zero-order valence-electron chi connectivity index (χ0n) is 18.7. The highest BCUT2D eigenvalue weighted by molar-refractivity contribution is 14.0. The van der Waals surface area contributed by atoms with Gasteiger partial charge in [0, 0.05) is 38.4 Å². The van der Waals surface area contributed by atoms with Gasteiger partial charge in [-0.2, -0.15) is 0 Å². The Bertz CT molecular complexity index is 779. The van der Waals surface area contributed by atoms with Crippen LogP contribution in [0.3, 0.4) is 0 Å². The van der Waals surface area contributed by atoms with Crippen molar-refractivity contribution >= 4 is 35.8 Å². The third-order valence-corrected chi connectivity index (χ3v) is 5.19. The summed E-state index contributed by atoms with van der Waals surface area (Å²) < 4.78 is 5.73. The number of aromatic nitrogens is 1. The van der Waals surface area contributed by atoms with E-state index in [2.05, 4.69) is 58.6 Å². The van der Waals surface area contributed by atoms with Crippen molar-refractivity contribution in [1.82, 2.24) is 15.6 Å². The molecule has 1 aromatic carbocycles. The monoisotopic (exact) mass is 537 g/mol. The molecule has 31 heavy (non-hydrogen) atoms. The van der Waals surface area contributed by atoms with E-state index >= 15 is 0 Å². The molecule has 0 amide bonds. The Kier molecular flexibility index (Phi) is 11.5. The molecule has 2 heterocycles. The zero-order chi connectivity index (χ0) is 21.0. The molecule has 0 aliphatic carbocycles. The second kappa shape index (κ2) is 14.1. The Balaban J connectivity index is 0.00000341. The maximum Gasteiger partial charge on any atom is 0.191 e. The van der Waals surface area contributed by atoms with E-state index in [0.29, 0.717) is 6.04 Å². The predicted molar refractivity (Wildman–Crippen MR) is 140 cm³/mol. The van der Waals surface area contributed by atoms with Crippen molar-refractivity contribution in [3.05, 3.63) is 54.2 Å². The van der Waals surface area contributed by atoms with Crippen molar-refractivity contribution in [2.75, 3.05) is 37.7 Å². The maximum absolute atomic E-state index is 5.73. The van der Waals surface area contributed by atoms with Crippen LogP contribution < -0.4 is 20.3 Å². The number of benzene rings is 1. The molecule has 170 valence electrons. The highest BCUT2D eigenvalue weighted by Gasteiger charge is 2.20. The summed E-state index contributed by atoms with van der Waals surface area (Å²) in [7, 11) is 0. The lowest BCUT2D eigenvalue weighted by Crippen LogP contribution is -2.49. The molecule has 2 N–H and O–H groups in total. The fourth-order valence-corrected chi connectivity index (χ4v) is 3.61. The van der Waals surface area contributed by atoms with Crippen LogP contribution in [0.25, 0.3) is 0 Å². The van der Waals surface area contributed by atoms with Crippen LogP contribution in [0.4, 0.5) is 5.82 Å². The number of pyridine rings is 1. The molecule has 1 fully saturated rings. The van der Waals surface area contributed by atoms with E-state index in [1.165, 1.54) is 5.56 Å². The molecule has 6 nitrogen and oxygen atoms in total. The first-order chi connectivity index (χ1) is 14.8.